The van der Waals surface area contributed by atoms with Crippen LogP contribution in [0.3, 0.4) is 0 Å². The zero-order valence-electron chi connectivity index (χ0n) is 8.90. The Morgan fingerprint density at radius 1 is 1.38 bits per heavy atom. The summed E-state index contributed by atoms with van der Waals surface area (Å²) in [6.45, 7) is 4.80. The second-order valence-corrected chi connectivity index (χ2v) is 4.71. The monoisotopic (exact) mass is 176 g/mol. The van der Waals surface area contributed by atoms with Gasteiger partial charge in [0.25, 0.3) is 0 Å². The van der Waals surface area contributed by atoms with E-state index >= 15 is 0 Å². The van der Waals surface area contributed by atoms with Crippen LogP contribution in [-0.4, -0.2) is 0 Å². The van der Waals surface area contributed by atoms with Gasteiger partial charge in [-0.1, -0.05) is 31.6 Å². The summed E-state index contributed by atoms with van der Waals surface area (Å²) in [5.41, 5.74) is 3.99. The average Bonchev–Trinajstić information content (AvgIpc) is 2.19. The summed E-state index contributed by atoms with van der Waals surface area (Å²) in [6.07, 6.45) is 12.8. The zero-order valence-corrected chi connectivity index (χ0v) is 8.90. The van der Waals surface area contributed by atoms with E-state index in [1.165, 1.54) is 38.5 Å². The molecule has 0 heterocycles. The molecule has 0 heteroatoms. The van der Waals surface area contributed by atoms with Crippen LogP contribution >= 0.6 is 0 Å². The van der Waals surface area contributed by atoms with Gasteiger partial charge >= 0.3 is 0 Å². The lowest BCUT2D eigenvalue weighted by atomic mass is 9.67. The van der Waals surface area contributed by atoms with E-state index in [-0.39, 0.29) is 0 Å². The Morgan fingerprint density at radius 3 is 3.00 bits per heavy atom. The van der Waals surface area contributed by atoms with Crippen LogP contribution in [0.4, 0.5) is 0 Å². The van der Waals surface area contributed by atoms with Gasteiger partial charge in [-0.3, -0.25) is 0 Å². The van der Waals surface area contributed by atoms with Crippen LogP contribution in [0, 0.1) is 5.41 Å². The molecule has 0 aromatic carbocycles. The summed E-state index contributed by atoms with van der Waals surface area (Å²) in [4.78, 5) is 0. The van der Waals surface area contributed by atoms with Gasteiger partial charge in [0.05, 0.1) is 0 Å². The van der Waals surface area contributed by atoms with Gasteiger partial charge in [-0.15, -0.1) is 0 Å². The summed E-state index contributed by atoms with van der Waals surface area (Å²) in [5.74, 6) is 0. The van der Waals surface area contributed by atoms with Crippen molar-refractivity contribution < 1.29 is 0 Å². The molecule has 72 valence electrons. The minimum Gasteiger partial charge on any atom is -0.0839 e. The topological polar surface area (TPSA) is 0 Å². The van der Waals surface area contributed by atoms with Crippen molar-refractivity contribution in [1.82, 2.24) is 0 Å². The van der Waals surface area contributed by atoms with Gasteiger partial charge in [-0.25, -0.2) is 0 Å². The second kappa shape index (κ2) is 3.32. The van der Waals surface area contributed by atoms with Crippen molar-refractivity contribution in [2.24, 2.45) is 5.41 Å². The first-order chi connectivity index (χ1) is 6.26. The van der Waals surface area contributed by atoms with Gasteiger partial charge < -0.3 is 0 Å². The van der Waals surface area contributed by atoms with Crippen LogP contribution < -0.4 is 0 Å². The lowest BCUT2D eigenvalue weighted by Crippen LogP contribution is -2.24. The number of hydrogen-bond acceptors (Lipinski definition) is 0. The molecule has 0 N–H and O–H groups in total. The van der Waals surface area contributed by atoms with Crippen LogP contribution in [0.25, 0.3) is 0 Å². The van der Waals surface area contributed by atoms with Gasteiger partial charge in [-0.05, 0) is 49.5 Å². The van der Waals surface area contributed by atoms with Crippen LogP contribution in [0.2, 0.25) is 0 Å². The van der Waals surface area contributed by atoms with Crippen molar-refractivity contribution in [2.75, 3.05) is 0 Å². The number of hydrogen-bond donors (Lipinski definition) is 0. The Bertz CT molecular complexity index is 257. The summed E-state index contributed by atoms with van der Waals surface area (Å²) in [5, 5.41) is 0. The fourth-order valence-electron chi connectivity index (χ4n) is 2.85. The Kier molecular flexibility index (Phi) is 2.31. The maximum Gasteiger partial charge on any atom is -0.0113 e. The molecule has 1 unspecified atom stereocenters. The predicted octanol–water partition coefficient (Wildman–Crippen LogP) is 4.23. The maximum atomic E-state index is 2.46. The molecule has 0 spiro atoms. The first kappa shape index (κ1) is 9.05. The molecule has 0 saturated heterocycles. The lowest BCUT2D eigenvalue weighted by molar-refractivity contribution is 0.308. The van der Waals surface area contributed by atoms with E-state index < -0.39 is 0 Å². The van der Waals surface area contributed by atoms with Gasteiger partial charge in [0.2, 0.25) is 0 Å². The van der Waals surface area contributed by atoms with Crippen molar-refractivity contribution >= 4 is 0 Å². The molecule has 0 bridgehead atoms. The normalized spacial score (nSPS) is 33.4. The van der Waals surface area contributed by atoms with Crippen LogP contribution in [0.5, 0.6) is 0 Å². The fourth-order valence-corrected chi connectivity index (χ4v) is 2.85. The summed E-state index contributed by atoms with van der Waals surface area (Å²) < 4.78 is 0. The minimum atomic E-state index is 0.540. The van der Waals surface area contributed by atoms with E-state index in [0.29, 0.717) is 5.41 Å². The first-order valence-electron chi connectivity index (χ1n) is 5.65. The smallest absolute Gasteiger partial charge is 0.0113 e. The molecule has 0 fully saturated rings. The van der Waals surface area contributed by atoms with Crippen molar-refractivity contribution in [3.63, 3.8) is 0 Å². The fraction of sp³-hybridized carbons (Fsp3) is 0.692. The molecule has 2 aliphatic rings. The van der Waals surface area contributed by atoms with Crippen molar-refractivity contribution in [2.45, 2.75) is 52.4 Å². The van der Waals surface area contributed by atoms with E-state index in [1.807, 2.05) is 0 Å². The quantitative estimate of drug-likeness (QED) is 0.560. The molecule has 1 atom stereocenters. The third-order valence-electron chi connectivity index (χ3n) is 3.95. The summed E-state index contributed by atoms with van der Waals surface area (Å²) in [7, 11) is 0. The number of rotatable bonds is 1. The molecule has 0 aromatic heterocycles. The Morgan fingerprint density at radius 2 is 2.23 bits per heavy atom. The molecule has 0 saturated carbocycles. The standard InChI is InChI=1S/C13H20/c1-3-13(2)10-6-8-11-7-4-5-9-12(11)13/h4,7H,3,5-6,8-10H2,1-2H3. The highest BCUT2D eigenvalue weighted by molar-refractivity contribution is 5.35. The SMILES string of the molecule is CCC1(C)CCCC2=C1CCC=C2. The lowest BCUT2D eigenvalue weighted by Gasteiger charge is -2.38. The van der Waals surface area contributed by atoms with E-state index in [9.17, 15) is 0 Å². The maximum absolute atomic E-state index is 2.46. The van der Waals surface area contributed by atoms with Crippen molar-refractivity contribution in [3.8, 4) is 0 Å². The van der Waals surface area contributed by atoms with E-state index in [4.69, 9.17) is 0 Å². The van der Waals surface area contributed by atoms with Gasteiger partial charge in [0.1, 0.15) is 0 Å². The summed E-state index contributed by atoms with van der Waals surface area (Å²) in [6, 6.07) is 0. The second-order valence-electron chi connectivity index (χ2n) is 4.71. The van der Waals surface area contributed by atoms with Gasteiger partial charge in [-0.2, -0.15) is 0 Å². The van der Waals surface area contributed by atoms with Gasteiger partial charge in [0, 0.05) is 0 Å². The zero-order chi connectivity index (χ0) is 9.31. The Hall–Kier alpha value is -0.520. The molecular weight excluding hydrogens is 156 g/mol. The molecule has 0 radical (unpaired) electrons. The van der Waals surface area contributed by atoms with Gasteiger partial charge in [0.15, 0.2) is 0 Å². The van der Waals surface area contributed by atoms with Crippen molar-refractivity contribution in [3.05, 3.63) is 23.3 Å². The first-order valence-corrected chi connectivity index (χ1v) is 5.65. The van der Waals surface area contributed by atoms with E-state index in [0.717, 1.165) is 0 Å². The third kappa shape index (κ3) is 1.47. The van der Waals surface area contributed by atoms with E-state index in [2.05, 4.69) is 26.0 Å². The Labute approximate surface area is 81.7 Å². The molecule has 0 amide bonds. The molecule has 0 aliphatic heterocycles. The molecule has 0 nitrogen and oxygen atoms in total. The van der Waals surface area contributed by atoms with Crippen LogP contribution in [0.1, 0.15) is 52.4 Å². The van der Waals surface area contributed by atoms with Crippen LogP contribution in [-0.2, 0) is 0 Å². The molecule has 13 heavy (non-hydrogen) atoms. The highest BCUT2D eigenvalue weighted by Crippen LogP contribution is 2.46. The predicted molar refractivity (Wildman–Crippen MR) is 57.6 cm³/mol. The molecule has 2 rings (SSSR count). The molecular formula is C13H20. The van der Waals surface area contributed by atoms with Crippen LogP contribution in [0.15, 0.2) is 23.3 Å². The highest BCUT2D eigenvalue weighted by atomic mass is 14.4. The largest absolute Gasteiger partial charge is 0.0839 e. The molecule has 0 aromatic rings. The highest BCUT2D eigenvalue weighted by Gasteiger charge is 2.31. The summed E-state index contributed by atoms with van der Waals surface area (Å²) >= 11 is 0. The van der Waals surface area contributed by atoms with Crippen molar-refractivity contribution in [1.29, 1.82) is 0 Å². The Balaban J connectivity index is 2.36. The number of allylic oxidation sites excluding steroid dienone is 4. The average molecular weight is 176 g/mol. The minimum absolute atomic E-state index is 0.540. The van der Waals surface area contributed by atoms with E-state index in [1.54, 1.807) is 11.1 Å². The molecule has 2 aliphatic carbocycles. The third-order valence-corrected chi connectivity index (χ3v) is 3.95.